The molecule has 0 aliphatic carbocycles. The van der Waals surface area contributed by atoms with Gasteiger partial charge in [0.15, 0.2) is 9.84 Å². The molecule has 1 aliphatic rings. The van der Waals surface area contributed by atoms with E-state index >= 15 is 0 Å². The smallest absolute Gasteiger partial charge is 0.312 e. The highest BCUT2D eigenvalue weighted by atomic mass is 32.2. The maximum Gasteiger partial charge on any atom is 0.312 e. The second-order valence-corrected chi connectivity index (χ2v) is 7.86. The summed E-state index contributed by atoms with van der Waals surface area (Å²) in [6, 6.07) is -0.434. The van der Waals surface area contributed by atoms with Crippen LogP contribution in [0.2, 0.25) is 0 Å². The number of hydrogen-bond donors (Lipinski definition) is 0. The van der Waals surface area contributed by atoms with Gasteiger partial charge >= 0.3 is 11.8 Å². The van der Waals surface area contributed by atoms with E-state index in [0.717, 1.165) is 12.8 Å². The number of sulfone groups is 1. The summed E-state index contributed by atoms with van der Waals surface area (Å²) in [6.07, 6.45) is 2.13. The van der Waals surface area contributed by atoms with Crippen LogP contribution in [0.5, 0.6) is 0 Å². The van der Waals surface area contributed by atoms with Crippen molar-refractivity contribution < 1.29 is 22.7 Å². The average molecular weight is 334 g/mol. The summed E-state index contributed by atoms with van der Waals surface area (Å²) in [5, 5.41) is 0. The predicted octanol–water partition coefficient (Wildman–Crippen LogP) is -0.0930. The van der Waals surface area contributed by atoms with E-state index in [0.29, 0.717) is 13.0 Å². The number of unbranched alkanes of at least 4 members (excludes halogenated alkanes) is 1. The fourth-order valence-corrected chi connectivity index (χ4v) is 4.17. The fraction of sp³-hybridized carbons (Fsp3) is 0.857. The average Bonchev–Trinajstić information content (AvgIpc) is 2.84. The van der Waals surface area contributed by atoms with Gasteiger partial charge in [0.2, 0.25) is 0 Å². The van der Waals surface area contributed by atoms with Gasteiger partial charge in [0, 0.05) is 33.3 Å². The first-order valence-corrected chi connectivity index (χ1v) is 9.40. The number of ether oxygens (including phenoxy) is 1. The molecule has 0 aromatic rings. The van der Waals surface area contributed by atoms with Gasteiger partial charge in [-0.15, -0.1) is 0 Å². The Morgan fingerprint density at radius 2 is 1.91 bits per heavy atom. The van der Waals surface area contributed by atoms with E-state index in [4.69, 9.17) is 4.74 Å². The van der Waals surface area contributed by atoms with Crippen LogP contribution in [0.1, 0.15) is 26.2 Å². The lowest BCUT2D eigenvalue weighted by molar-refractivity contribution is -0.152. The lowest BCUT2D eigenvalue weighted by atomic mass is 10.2. The zero-order chi connectivity index (χ0) is 16.8. The molecule has 1 rings (SSSR count). The van der Waals surface area contributed by atoms with Gasteiger partial charge in [-0.25, -0.2) is 8.42 Å². The Bertz CT molecular complexity index is 491. The van der Waals surface area contributed by atoms with E-state index in [2.05, 4.69) is 0 Å². The van der Waals surface area contributed by atoms with Crippen LogP contribution < -0.4 is 0 Å². The highest BCUT2D eigenvalue weighted by molar-refractivity contribution is 7.91. The Labute approximate surface area is 132 Å². The molecule has 7 nitrogen and oxygen atoms in total. The molecule has 2 amide bonds. The van der Waals surface area contributed by atoms with Crippen molar-refractivity contribution in [2.45, 2.75) is 32.2 Å². The standard InChI is InChI=1S/C14H26N2O5S/c1-4-5-7-15(2)13(17)14(18)16(8-9-21-3)12-6-10-22(19,20)11-12/h12H,4-11H2,1-3H3. The van der Waals surface area contributed by atoms with Crippen molar-refractivity contribution in [3.05, 3.63) is 0 Å². The van der Waals surface area contributed by atoms with E-state index in [-0.39, 0.29) is 24.7 Å². The van der Waals surface area contributed by atoms with Crippen molar-refractivity contribution in [3.8, 4) is 0 Å². The number of rotatable bonds is 7. The molecule has 0 radical (unpaired) electrons. The second-order valence-electron chi connectivity index (χ2n) is 5.63. The highest BCUT2D eigenvalue weighted by Crippen LogP contribution is 2.18. The summed E-state index contributed by atoms with van der Waals surface area (Å²) in [4.78, 5) is 27.4. The van der Waals surface area contributed by atoms with E-state index in [1.165, 1.54) is 16.9 Å². The zero-order valence-electron chi connectivity index (χ0n) is 13.6. The normalized spacial score (nSPS) is 19.9. The molecule has 0 aromatic carbocycles. The van der Waals surface area contributed by atoms with Gasteiger partial charge in [0.25, 0.3) is 0 Å². The number of carbonyl (C=O) groups excluding carboxylic acids is 2. The van der Waals surface area contributed by atoms with Gasteiger partial charge in [-0.1, -0.05) is 13.3 Å². The van der Waals surface area contributed by atoms with Crippen molar-refractivity contribution >= 4 is 21.7 Å². The molecule has 1 unspecified atom stereocenters. The quantitative estimate of drug-likeness (QED) is 0.608. The Kier molecular flexibility index (Phi) is 7.28. The van der Waals surface area contributed by atoms with Gasteiger partial charge in [0.1, 0.15) is 0 Å². The monoisotopic (exact) mass is 334 g/mol. The largest absolute Gasteiger partial charge is 0.383 e. The van der Waals surface area contributed by atoms with E-state index in [9.17, 15) is 18.0 Å². The van der Waals surface area contributed by atoms with Crippen molar-refractivity contribution in [3.63, 3.8) is 0 Å². The Morgan fingerprint density at radius 1 is 1.23 bits per heavy atom. The van der Waals surface area contributed by atoms with Crippen LogP contribution in [0.3, 0.4) is 0 Å². The molecule has 0 spiro atoms. The number of hydrogen-bond acceptors (Lipinski definition) is 5. The van der Waals surface area contributed by atoms with Gasteiger partial charge in [-0.05, 0) is 12.8 Å². The molecule has 1 aliphatic heterocycles. The Balaban J connectivity index is 2.78. The SMILES string of the molecule is CCCCN(C)C(=O)C(=O)N(CCOC)C1CCS(=O)(=O)C1. The van der Waals surface area contributed by atoms with Crippen molar-refractivity contribution in [1.82, 2.24) is 9.80 Å². The van der Waals surface area contributed by atoms with Crippen molar-refractivity contribution in [2.75, 3.05) is 45.4 Å². The topological polar surface area (TPSA) is 84.0 Å². The minimum Gasteiger partial charge on any atom is -0.383 e. The minimum absolute atomic E-state index is 0.0638. The number of methoxy groups -OCH3 is 1. The van der Waals surface area contributed by atoms with E-state index in [1.807, 2.05) is 6.92 Å². The van der Waals surface area contributed by atoms with Gasteiger partial charge in [-0.3, -0.25) is 9.59 Å². The molecule has 1 atom stereocenters. The molecule has 0 bridgehead atoms. The Hall–Kier alpha value is -1.15. The molecule has 1 heterocycles. The summed E-state index contributed by atoms with van der Waals surface area (Å²) in [5.41, 5.74) is 0. The van der Waals surface area contributed by atoms with Crippen molar-refractivity contribution in [1.29, 1.82) is 0 Å². The highest BCUT2D eigenvalue weighted by Gasteiger charge is 2.37. The third-order valence-corrected chi connectivity index (χ3v) is 5.57. The summed E-state index contributed by atoms with van der Waals surface area (Å²) >= 11 is 0. The van der Waals surface area contributed by atoms with Crippen LogP contribution >= 0.6 is 0 Å². The molecule has 1 saturated heterocycles. The number of amides is 2. The molecular formula is C14H26N2O5S. The fourth-order valence-electron chi connectivity index (χ4n) is 2.44. The molecule has 8 heteroatoms. The molecule has 0 N–H and O–H groups in total. The molecule has 0 saturated carbocycles. The summed E-state index contributed by atoms with van der Waals surface area (Å²) in [6.45, 7) is 3.02. The Morgan fingerprint density at radius 3 is 2.41 bits per heavy atom. The number of likely N-dealkylation sites (N-methyl/N-ethyl adjacent to an activating group) is 1. The maximum atomic E-state index is 12.4. The van der Waals surface area contributed by atoms with Crippen LogP contribution in [0, 0.1) is 0 Å². The van der Waals surface area contributed by atoms with Crippen LogP contribution in [0.25, 0.3) is 0 Å². The number of carbonyl (C=O) groups is 2. The van der Waals surface area contributed by atoms with Crippen LogP contribution in [-0.2, 0) is 24.2 Å². The van der Waals surface area contributed by atoms with Gasteiger partial charge < -0.3 is 14.5 Å². The summed E-state index contributed by atoms with van der Waals surface area (Å²) < 4.78 is 28.2. The first-order valence-electron chi connectivity index (χ1n) is 7.57. The predicted molar refractivity (Wildman–Crippen MR) is 83.2 cm³/mol. The van der Waals surface area contributed by atoms with Crippen LogP contribution in [-0.4, -0.2) is 81.4 Å². The van der Waals surface area contributed by atoms with E-state index < -0.39 is 27.7 Å². The minimum atomic E-state index is -3.12. The third-order valence-electron chi connectivity index (χ3n) is 3.82. The summed E-state index contributed by atoms with van der Waals surface area (Å²) in [7, 11) is -0.0225. The lowest BCUT2D eigenvalue weighted by Crippen LogP contribution is -2.50. The third kappa shape index (κ3) is 5.24. The first-order chi connectivity index (χ1) is 10.3. The zero-order valence-corrected chi connectivity index (χ0v) is 14.4. The maximum absolute atomic E-state index is 12.4. The van der Waals surface area contributed by atoms with Gasteiger partial charge in [0.05, 0.1) is 18.1 Å². The van der Waals surface area contributed by atoms with Crippen LogP contribution in [0.4, 0.5) is 0 Å². The molecule has 1 fully saturated rings. The van der Waals surface area contributed by atoms with Crippen LogP contribution in [0.15, 0.2) is 0 Å². The molecule has 22 heavy (non-hydrogen) atoms. The van der Waals surface area contributed by atoms with Crippen molar-refractivity contribution in [2.24, 2.45) is 0 Å². The lowest BCUT2D eigenvalue weighted by Gasteiger charge is -2.29. The first kappa shape index (κ1) is 18.9. The second kappa shape index (κ2) is 8.47. The summed E-state index contributed by atoms with van der Waals surface area (Å²) in [5.74, 6) is -1.24. The van der Waals surface area contributed by atoms with Gasteiger partial charge in [-0.2, -0.15) is 0 Å². The molecular weight excluding hydrogens is 308 g/mol. The molecule has 0 aromatic heterocycles. The molecule has 128 valence electrons. The number of nitrogens with zero attached hydrogens (tertiary/aromatic N) is 2. The van der Waals surface area contributed by atoms with E-state index in [1.54, 1.807) is 7.05 Å².